The fourth-order valence-corrected chi connectivity index (χ4v) is 4.19. The van der Waals surface area contributed by atoms with Gasteiger partial charge in [0.1, 0.15) is 11.6 Å². The normalized spacial score (nSPS) is 12.3. The van der Waals surface area contributed by atoms with E-state index in [1.54, 1.807) is 7.05 Å². The second-order valence-electron chi connectivity index (χ2n) is 7.14. The van der Waals surface area contributed by atoms with Crippen LogP contribution in [-0.4, -0.2) is 43.8 Å². The van der Waals surface area contributed by atoms with Gasteiger partial charge >= 0.3 is 0 Å². The minimum absolute atomic E-state index is 0.136. The lowest BCUT2D eigenvalue weighted by Gasteiger charge is -2.15. The minimum atomic E-state index is -3.22. The molecule has 0 saturated carbocycles. The van der Waals surface area contributed by atoms with E-state index in [1.165, 1.54) is 18.2 Å². The first-order chi connectivity index (χ1) is 14.3. The monoisotopic (exact) mass is 431 g/mol. The Kier molecular flexibility index (Phi) is 6.71. The second kappa shape index (κ2) is 9.25. The Morgan fingerprint density at radius 1 is 1.17 bits per heavy atom. The maximum Gasteiger partial charge on any atom is 0.191 e. The van der Waals surface area contributed by atoms with Gasteiger partial charge in [-0.1, -0.05) is 18.2 Å². The van der Waals surface area contributed by atoms with Crippen LogP contribution in [0.2, 0.25) is 0 Å². The Morgan fingerprint density at radius 2 is 1.93 bits per heavy atom. The first-order valence-corrected chi connectivity index (χ1v) is 11.6. The van der Waals surface area contributed by atoms with Crippen molar-refractivity contribution in [3.8, 4) is 0 Å². The summed E-state index contributed by atoms with van der Waals surface area (Å²) in [6.45, 7) is 3.54. The zero-order valence-electron chi connectivity index (χ0n) is 17.3. The highest BCUT2D eigenvalue weighted by Gasteiger charge is 2.11. The van der Waals surface area contributed by atoms with Gasteiger partial charge in [0, 0.05) is 32.9 Å². The van der Waals surface area contributed by atoms with Gasteiger partial charge in [-0.15, -0.1) is 0 Å². The van der Waals surface area contributed by atoms with Crippen molar-refractivity contribution >= 4 is 26.8 Å². The number of para-hydroxylation sites is 2. The van der Waals surface area contributed by atoms with Gasteiger partial charge in [-0.2, -0.15) is 0 Å². The summed E-state index contributed by atoms with van der Waals surface area (Å²) in [5.41, 5.74) is 3.19. The molecule has 0 aliphatic carbocycles. The maximum absolute atomic E-state index is 13.7. The van der Waals surface area contributed by atoms with Crippen LogP contribution in [0.1, 0.15) is 17.0 Å². The van der Waals surface area contributed by atoms with Crippen LogP contribution in [0.3, 0.4) is 0 Å². The number of nitrogens with zero attached hydrogens (tertiary/aromatic N) is 3. The molecule has 1 heterocycles. The molecule has 1 aromatic heterocycles. The van der Waals surface area contributed by atoms with Crippen molar-refractivity contribution in [1.29, 1.82) is 0 Å². The number of rotatable bonds is 7. The molecule has 2 N–H and O–H groups in total. The average molecular weight is 432 g/mol. The van der Waals surface area contributed by atoms with Crippen LogP contribution in [0.5, 0.6) is 0 Å². The Hall–Kier alpha value is -2.94. The summed E-state index contributed by atoms with van der Waals surface area (Å²) in [6.07, 6.45) is 1.16. The van der Waals surface area contributed by atoms with Crippen molar-refractivity contribution < 1.29 is 12.8 Å². The largest absolute Gasteiger partial charge is 0.355 e. The van der Waals surface area contributed by atoms with E-state index in [4.69, 9.17) is 0 Å². The molecule has 0 aliphatic rings. The van der Waals surface area contributed by atoms with E-state index in [0.29, 0.717) is 30.2 Å². The van der Waals surface area contributed by atoms with E-state index >= 15 is 0 Å². The zero-order chi connectivity index (χ0) is 21.7. The number of halogens is 1. The minimum Gasteiger partial charge on any atom is -0.355 e. The van der Waals surface area contributed by atoms with Gasteiger partial charge in [0.2, 0.25) is 0 Å². The van der Waals surface area contributed by atoms with Crippen molar-refractivity contribution in [3.05, 3.63) is 65.2 Å². The van der Waals surface area contributed by atoms with Crippen LogP contribution in [0.4, 0.5) is 4.39 Å². The molecule has 0 saturated heterocycles. The van der Waals surface area contributed by atoms with Crippen LogP contribution >= 0.6 is 0 Å². The highest BCUT2D eigenvalue weighted by Crippen LogP contribution is 2.15. The van der Waals surface area contributed by atoms with Crippen molar-refractivity contribution in [1.82, 2.24) is 20.2 Å². The van der Waals surface area contributed by atoms with Gasteiger partial charge in [-0.05, 0) is 42.3 Å². The first kappa shape index (κ1) is 21.8. The van der Waals surface area contributed by atoms with Crippen molar-refractivity contribution in [2.75, 3.05) is 19.8 Å². The molecule has 2 aromatic carbocycles. The lowest BCUT2D eigenvalue weighted by Crippen LogP contribution is -2.38. The van der Waals surface area contributed by atoms with Crippen LogP contribution < -0.4 is 10.6 Å². The van der Waals surface area contributed by atoms with Crippen molar-refractivity contribution in [3.63, 3.8) is 0 Å². The number of sulfone groups is 1. The van der Waals surface area contributed by atoms with E-state index in [1.807, 2.05) is 31.2 Å². The van der Waals surface area contributed by atoms with Crippen LogP contribution in [-0.2, 0) is 28.7 Å². The number of hydrogen-bond acceptors (Lipinski definition) is 4. The Balaban J connectivity index is 1.62. The zero-order valence-corrected chi connectivity index (χ0v) is 18.1. The summed E-state index contributed by atoms with van der Waals surface area (Å²) in [5, 5.41) is 6.35. The molecule has 0 bridgehead atoms. The lowest BCUT2D eigenvalue weighted by molar-refractivity contribution is 0.599. The van der Waals surface area contributed by atoms with E-state index in [-0.39, 0.29) is 12.3 Å². The van der Waals surface area contributed by atoms with E-state index in [9.17, 15) is 12.8 Å². The maximum atomic E-state index is 13.7. The lowest BCUT2D eigenvalue weighted by atomic mass is 10.1. The topological polar surface area (TPSA) is 88.4 Å². The molecule has 0 aliphatic heterocycles. The summed E-state index contributed by atoms with van der Waals surface area (Å²) < 4.78 is 39.1. The number of aliphatic imine (C=N–C) groups is 1. The molecule has 0 amide bonds. The smallest absolute Gasteiger partial charge is 0.191 e. The van der Waals surface area contributed by atoms with Gasteiger partial charge in [-0.25, -0.2) is 17.8 Å². The number of hydrogen-bond donors (Lipinski definition) is 2. The molecule has 7 nitrogen and oxygen atoms in total. The van der Waals surface area contributed by atoms with Crippen LogP contribution in [0, 0.1) is 12.7 Å². The fraction of sp³-hybridized carbons (Fsp3) is 0.333. The molecule has 9 heteroatoms. The van der Waals surface area contributed by atoms with Crippen LogP contribution in [0.25, 0.3) is 11.0 Å². The molecule has 0 unspecified atom stereocenters. The number of aryl methyl sites for hydroxylation is 1. The van der Waals surface area contributed by atoms with Gasteiger partial charge in [0.05, 0.1) is 16.8 Å². The number of guanidine groups is 1. The number of nitrogens with one attached hydrogen (secondary N) is 2. The Bertz CT molecular complexity index is 1170. The third-order valence-corrected chi connectivity index (χ3v) is 5.56. The number of imidazole rings is 1. The van der Waals surface area contributed by atoms with Crippen molar-refractivity contribution in [2.45, 2.75) is 25.8 Å². The predicted molar refractivity (Wildman–Crippen MR) is 118 cm³/mol. The molecule has 0 fully saturated rings. The van der Waals surface area contributed by atoms with Gasteiger partial charge < -0.3 is 15.2 Å². The molecule has 0 radical (unpaired) electrons. The second-order valence-corrected chi connectivity index (χ2v) is 9.28. The first-order valence-electron chi connectivity index (χ1n) is 9.58. The fourth-order valence-electron chi connectivity index (χ4n) is 3.35. The van der Waals surface area contributed by atoms with Gasteiger partial charge in [-0.3, -0.25) is 4.99 Å². The third-order valence-electron chi connectivity index (χ3n) is 4.73. The van der Waals surface area contributed by atoms with Gasteiger partial charge in [0.25, 0.3) is 0 Å². The highest BCUT2D eigenvalue weighted by atomic mass is 32.2. The molecule has 3 rings (SSSR count). The Morgan fingerprint density at radius 3 is 2.67 bits per heavy atom. The third kappa shape index (κ3) is 5.56. The van der Waals surface area contributed by atoms with Crippen molar-refractivity contribution in [2.24, 2.45) is 4.99 Å². The average Bonchev–Trinajstić information content (AvgIpc) is 3.00. The molecule has 30 heavy (non-hydrogen) atoms. The summed E-state index contributed by atoms with van der Waals surface area (Å²) in [7, 11) is -1.57. The highest BCUT2D eigenvalue weighted by molar-refractivity contribution is 7.89. The van der Waals surface area contributed by atoms with Crippen LogP contribution in [0.15, 0.2) is 47.5 Å². The van der Waals surface area contributed by atoms with E-state index in [0.717, 1.165) is 23.1 Å². The Labute approximate surface area is 176 Å². The molecule has 160 valence electrons. The van der Waals surface area contributed by atoms with E-state index in [2.05, 4.69) is 25.2 Å². The predicted octanol–water partition coefficient (Wildman–Crippen LogP) is 2.39. The molecule has 0 spiro atoms. The summed E-state index contributed by atoms with van der Waals surface area (Å²) in [4.78, 5) is 8.75. The standard InChI is InChI=1S/C21H26FN5O2S/c1-15-26-19-6-4-5-7-20(19)27(15)11-10-24-21(23-2)25-13-17-12-18(22)9-8-16(17)14-30(3,28)29/h4-9,12H,10-11,13-14H2,1-3H3,(H2,23,24,25). The summed E-state index contributed by atoms with van der Waals surface area (Å²) in [5.74, 6) is 0.941. The number of benzene rings is 2. The SMILES string of the molecule is CN=C(NCCn1c(C)nc2ccccc21)NCc1cc(F)ccc1CS(C)(=O)=O. The molecule has 3 aromatic rings. The number of aromatic nitrogens is 2. The van der Waals surface area contributed by atoms with E-state index < -0.39 is 15.7 Å². The molecular formula is C21H26FN5O2S. The molecular weight excluding hydrogens is 405 g/mol. The summed E-state index contributed by atoms with van der Waals surface area (Å²) in [6, 6.07) is 12.1. The molecule has 0 atom stereocenters. The van der Waals surface area contributed by atoms with Gasteiger partial charge in [0.15, 0.2) is 15.8 Å². The number of fused-ring (bicyclic) bond motifs is 1. The summed E-state index contributed by atoms with van der Waals surface area (Å²) >= 11 is 0. The quantitative estimate of drug-likeness (QED) is 0.443.